The second-order valence-corrected chi connectivity index (χ2v) is 6.20. The van der Waals surface area contributed by atoms with Gasteiger partial charge in [0.15, 0.2) is 0 Å². The van der Waals surface area contributed by atoms with Crippen molar-refractivity contribution in [3.63, 3.8) is 0 Å². The van der Waals surface area contributed by atoms with Gasteiger partial charge in [0.1, 0.15) is 5.82 Å². The number of piperazine rings is 1. The molecule has 4 nitrogen and oxygen atoms in total. The lowest BCUT2D eigenvalue weighted by molar-refractivity contribution is -0.129. The van der Waals surface area contributed by atoms with E-state index in [-0.39, 0.29) is 5.91 Å². The van der Waals surface area contributed by atoms with Crippen molar-refractivity contribution in [1.29, 1.82) is 0 Å². The molecule has 4 heteroatoms. The summed E-state index contributed by atoms with van der Waals surface area (Å²) in [6.45, 7) is 6.44. The highest BCUT2D eigenvalue weighted by molar-refractivity contribution is 5.82. The average molecular weight is 329 g/mol. The smallest absolute Gasteiger partial charge is 0.241 e. The van der Waals surface area contributed by atoms with Crippen LogP contribution >= 0.6 is 0 Å². The Hall–Kier alpha value is -2.02. The lowest BCUT2D eigenvalue weighted by Crippen LogP contribution is -2.48. The van der Waals surface area contributed by atoms with Crippen LogP contribution in [0.15, 0.2) is 18.3 Å². The van der Waals surface area contributed by atoms with Crippen LogP contribution in [0.5, 0.6) is 0 Å². The highest BCUT2D eigenvalue weighted by Crippen LogP contribution is 2.13. The van der Waals surface area contributed by atoms with Crippen LogP contribution in [0.1, 0.15) is 57.9 Å². The molecule has 0 N–H and O–H groups in total. The van der Waals surface area contributed by atoms with E-state index in [0.29, 0.717) is 6.54 Å². The number of carbonyl (C=O) groups is 1. The largest absolute Gasteiger partial charge is 0.346 e. The zero-order valence-electron chi connectivity index (χ0n) is 15.4. The number of hydrogen-bond donors (Lipinski definition) is 0. The summed E-state index contributed by atoms with van der Waals surface area (Å²) in [5.74, 6) is 3.44. The fourth-order valence-electron chi connectivity index (χ4n) is 2.47. The first-order valence-electron chi connectivity index (χ1n) is 9.03. The molecule has 0 aliphatic carbocycles. The molecule has 0 aromatic carbocycles. The predicted molar refractivity (Wildman–Crippen MR) is 101 cm³/mol. The van der Waals surface area contributed by atoms with E-state index < -0.39 is 0 Å². The second kappa shape index (κ2) is 11.5. The molecule has 132 valence electrons. The number of hydrogen-bond acceptors (Lipinski definition) is 3. The van der Waals surface area contributed by atoms with E-state index in [0.717, 1.165) is 24.5 Å². The lowest BCUT2D eigenvalue weighted by atomic mass is 10.1. The number of nitrogens with zero attached hydrogens (tertiary/aromatic N) is 3. The van der Waals surface area contributed by atoms with Gasteiger partial charge in [0.05, 0.1) is 6.54 Å². The van der Waals surface area contributed by atoms with Gasteiger partial charge in [0, 0.05) is 31.9 Å². The molecule has 0 radical (unpaired) electrons. The molecule has 1 aliphatic heterocycles. The zero-order valence-corrected chi connectivity index (χ0v) is 15.4. The van der Waals surface area contributed by atoms with Crippen LogP contribution in [0.2, 0.25) is 0 Å². The maximum Gasteiger partial charge on any atom is 0.241 e. The summed E-state index contributed by atoms with van der Waals surface area (Å²) in [6, 6.07) is 3.69. The third-order valence-corrected chi connectivity index (χ3v) is 4.15. The maximum atomic E-state index is 11.5. The van der Waals surface area contributed by atoms with Gasteiger partial charge in [-0.3, -0.25) is 4.79 Å². The van der Waals surface area contributed by atoms with Crippen molar-refractivity contribution < 1.29 is 4.79 Å². The lowest BCUT2D eigenvalue weighted by Gasteiger charge is -2.32. The molecule has 1 fully saturated rings. The molecule has 0 unspecified atom stereocenters. The standard InChI is InChI=1S/C12H13N3O.C8H18/c1-3-10-4-5-11(13-8-10)15-7-6-14(2)12(16)9-15;1-3-5-7-8-6-4-2/h1,4-5,8H,6-7,9H2,2H3;3-8H2,1-2H3. The summed E-state index contributed by atoms with van der Waals surface area (Å²) < 4.78 is 0. The number of likely N-dealkylation sites (N-methyl/N-ethyl adjacent to an activating group) is 1. The van der Waals surface area contributed by atoms with E-state index in [9.17, 15) is 4.79 Å². The quantitative estimate of drug-likeness (QED) is 0.590. The van der Waals surface area contributed by atoms with E-state index >= 15 is 0 Å². The molecule has 1 saturated heterocycles. The van der Waals surface area contributed by atoms with E-state index in [1.54, 1.807) is 11.1 Å². The molecular formula is C20H31N3O. The minimum absolute atomic E-state index is 0.120. The van der Waals surface area contributed by atoms with Crippen LogP contribution in [-0.4, -0.2) is 42.5 Å². The number of aromatic nitrogens is 1. The average Bonchev–Trinajstić information content (AvgIpc) is 2.62. The molecular weight excluding hydrogens is 298 g/mol. The minimum atomic E-state index is 0.120. The summed E-state index contributed by atoms with van der Waals surface area (Å²) in [5, 5.41) is 0. The molecule has 2 heterocycles. The van der Waals surface area contributed by atoms with Gasteiger partial charge in [-0.1, -0.05) is 58.3 Å². The first kappa shape index (κ1) is 20.0. The first-order chi connectivity index (χ1) is 11.6. The van der Waals surface area contributed by atoms with E-state index in [1.807, 2.05) is 24.1 Å². The summed E-state index contributed by atoms with van der Waals surface area (Å²) >= 11 is 0. The van der Waals surface area contributed by atoms with E-state index in [2.05, 4.69) is 24.8 Å². The van der Waals surface area contributed by atoms with Crippen molar-refractivity contribution in [3.05, 3.63) is 23.9 Å². The van der Waals surface area contributed by atoms with Crippen molar-refractivity contribution >= 4 is 11.7 Å². The van der Waals surface area contributed by atoms with Crippen molar-refractivity contribution in [2.75, 3.05) is 31.6 Å². The topological polar surface area (TPSA) is 36.4 Å². The van der Waals surface area contributed by atoms with Crippen LogP contribution in [0, 0.1) is 12.3 Å². The number of amides is 1. The third-order valence-electron chi connectivity index (χ3n) is 4.15. The van der Waals surface area contributed by atoms with Gasteiger partial charge in [0.25, 0.3) is 0 Å². The Morgan fingerprint density at radius 3 is 2.25 bits per heavy atom. The Labute approximate surface area is 147 Å². The van der Waals surface area contributed by atoms with Crippen molar-refractivity contribution in [3.8, 4) is 12.3 Å². The molecule has 1 aromatic rings. The Kier molecular flexibility index (Phi) is 9.60. The van der Waals surface area contributed by atoms with Crippen LogP contribution < -0.4 is 4.90 Å². The molecule has 2 rings (SSSR count). The van der Waals surface area contributed by atoms with E-state index in [1.165, 1.54) is 38.5 Å². The van der Waals surface area contributed by atoms with Crippen LogP contribution in [0.25, 0.3) is 0 Å². The minimum Gasteiger partial charge on any atom is -0.346 e. The second-order valence-electron chi connectivity index (χ2n) is 6.20. The number of pyridine rings is 1. The van der Waals surface area contributed by atoms with E-state index in [4.69, 9.17) is 6.42 Å². The number of rotatable bonds is 6. The zero-order chi connectivity index (χ0) is 17.8. The molecule has 0 atom stereocenters. The first-order valence-corrected chi connectivity index (χ1v) is 9.03. The van der Waals surface area contributed by atoms with Gasteiger partial charge >= 0.3 is 0 Å². The van der Waals surface area contributed by atoms with Crippen LogP contribution in [0.4, 0.5) is 5.82 Å². The molecule has 24 heavy (non-hydrogen) atoms. The molecule has 1 aromatic heterocycles. The summed E-state index contributed by atoms with van der Waals surface area (Å²) in [4.78, 5) is 19.5. The van der Waals surface area contributed by atoms with Gasteiger partial charge < -0.3 is 9.80 Å². The SMILES string of the molecule is C#Cc1ccc(N2CCN(C)C(=O)C2)nc1.CCCCCCCC. The Bertz CT molecular complexity index is 513. The monoisotopic (exact) mass is 329 g/mol. The molecule has 0 saturated carbocycles. The number of carbonyl (C=O) groups excluding carboxylic acids is 1. The summed E-state index contributed by atoms with van der Waals surface area (Å²) in [5.41, 5.74) is 0.754. The predicted octanol–water partition coefficient (Wildman–Crippen LogP) is 3.71. The van der Waals surface area contributed by atoms with Crippen molar-refractivity contribution in [2.24, 2.45) is 0 Å². The maximum absolute atomic E-state index is 11.5. The normalized spacial score (nSPS) is 14.0. The Morgan fingerprint density at radius 2 is 1.79 bits per heavy atom. The third kappa shape index (κ3) is 7.04. The van der Waals surface area contributed by atoms with Gasteiger partial charge in [0.2, 0.25) is 5.91 Å². The van der Waals surface area contributed by atoms with Gasteiger partial charge in [-0.15, -0.1) is 6.42 Å². The molecule has 1 amide bonds. The van der Waals surface area contributed by atoms with Gasteiger partial charge in [-0.05, 0) is 12.1 Å². The van der Waals surface area contributed by atoms with Gasteiger partial charge in [-0.25, -0.2) is 4.98 Å². The van der Waals surface area contributed by atoms with Crippen LogP contribution in [-0.2, 0) is 4.79 Å². The Morgan fingerprint density at radius 1 is 1.12 bits per heavy atom. The summed E-state index contributed by atoms with van der Waals surface area (Å²) in [6.07, 6.45) is 15.4. The molecule has 0 bridgehead atoms. The fraction of sp³-hybridized carbons (Fsp3) is 0.600. The number of terminal acetylenes is 1. The number of unbranched alkanes of at least 4 members (excludes halogenated alkanes) is 5. The highest BCUT2D eigenvalue weighted by Gasteiger charge is 2.21. The summed E-state index contributed by atoms with van der Waals surface area (Å²) in [7, 11) is 1.81. The van der Waals surface area contributed by atoms with Gasteiger partial charge in [-0.2, -0.15) is 0 Å². The fourth-order valence-corrected chi connectivity index (χ4v) is 2.47. The van der Waals surface area contributed by atoms with Crippen molar-refractivity contribution in [1.82, 2.24) is 9.88 Å². The van der Waals surface area contributed by atoms with Crippen LogP contribution in [0.3, 0.4) is 0 Å². The molecule has 0 spiro atoms. The molecule has 1 aliphatic rings. The Balaban J connectivity index is 0.000000307. The highest BCUT2D eigenvalue weighted by atomic mass is 16.2. The van der Waals surface area contributed by atoms with Crippen molar-refractivity contribution in [2.45, 2.75) is 52.4 Å². The number of anilines is 1.